The summed E-state index contributed by atoms with van der Waals surface area (Å²) in [5.41, 5.74) is 2.66. The number of aryl methyl sites for hydroxylation is 2. The van der Waals surface area contributed by atoms with Gasteiger partial charge in [-0.15, -0.1) is 0 Å². The van der Waals surface area contributed by atoms with Crippen molar-refractivity contribution in [1.82, 2.24) is 9.78 Å². The van der Waals surface area contributed by atoms with Crippen LogP contribution in [0.3, 0.4) is 0 Å². The lowest BCUT2D eigenvalue weighted by Gasteiger charge is -2.09. The van der Waals surface area contributed by atoms with Crippen LogP contribution in [0.5, 0.6) is 0 Å². The number of halogens is 1. The van der Waals surface area contributed by atoms with Crippen LogP contribution in [0.2, 0.25) is 5.02 Å². The SMILES string of the molecule is Cc1ccc(-n2ccc(=O)c(C(=O)Nc3ccc(C)c(Cl)c3)n2)cc1. The van der Waals surface area contributed by atoms with Crippen molar-refractivity contribution >= 4 is 23.2 Å². The van der Waals surface area contributed by atoms with Crippen molar-refractivity contribution in [3.05, 3.63) is 86.8 Å². The summed E-state index contributed by atoms with van der Waals surface area (Å²) in [5, 5.41) is 7.36. The number of benzene rings is 2. The van der Waals surface area contributed by atoms with E-state index < -0.39 is 11.3 Å². The van der Waals surface area contributed by atoms with Crippen molar-refractivity contribution in [1.29, 1.82) is 0 Å². The van der Waals surface area contributed by atoms with Crippen LogP contribution in [-0.2, 0) is 0 Å². The third-order valence-corrected chi connectivity index (χ3v) is 4.16. The minimum atomic E-state index is -0.577. The maximum atomic E-state index is 12.4. The number of nitrogens with one attached hydrogen (secondary N) is 1. The van der Waals surface area contributed by atoms with Crippen LogP contribution < -0.4 is 10.7 Å². The van der Waals surface area contributed by atoms with Crippen LogP contribution >= 0.6 is 11.6 Å². The quantitative estimate of drug-likeness (QED) is 0.779. The molecule has 126 valence electrons. The standard InChI is InChI=1S/C19H16ClN3O2/c1-12-3-7-15(8-4-12)23-10-9-17(24)18(22-23)19(25)21-14-6-5-13(2)16(20)11-14/h3-11H,1-2H3,(H,21,25). The lowest BCUT2D eigenvalue weighted by molar-refractivity contribution is 0.101. The molecule has 0 fully saturated rings. The Hall–Kier alpha value is -2.92. The minimum absolute atomic E-state index is 0.181. The van der Waals surface area contributed by atoms with Gasteiger partial charge in [0.05, 0.1) is 5.69 Å². The number of hydrogen-bond acceptors (Lipinski definition) is 3. The van der Waals surface area contributed by atoms with Gasteiger partial charge in [0, 0.05) is 23.0 Å². The van der Waals surface area contributed by atoms with Crippen LogP contribution in [0.15, 0.2) is 59.5 Å². The molecule has 25 heavy (non-hydrogen) atoms. The first-order valence-corrected chi connectivity index (χ1v) is 8.06. The van der Waals surface area contributed by atoms with Gasteiger partial charge in [-0.05, 0) is 43.7 Å². The number of nitrogens with zero attached hydrogens (tertiary/aromatic N) is 2. The number of carbonyl (C=O) groups excluding carboxylic acids is 1. The molecule has 6 heteroatoms. The molecular formula is C19H16ClN3O2. The summed E-state index contributed by atoms with van der Waals surface area (Å²) < 4.78 is 1.50. The van der Waals surface area contributed by atoms with E-state index in [4.69, 9.17) is 11.6 Å². The van der Waals surface area contributed by atoms with Crippen molar-refractivity contribution in [2.24, 2.45) is 0 Å². The molecule has 0 spiro atoms. The average Bonchev–Trinajstić information content (AvgIpc) is 2.59. The van der Waals surface area contributed by atoms with E-state index in [2.05, 4.69) is 10.4 Å². The normalized spacial score (nSPS) is 10.5. The van der Waals surface area contributed by atoms with Crippen molar-refractivity contribution < 1.29 is 4.79 Å². The molecule has 5 nitrogen and oxygen atoms in total. The predicted molar refractivity (Wildman–Crippen MR) is 98.7 cm³/mol. The maximum Gasteiger partial charge on any atom is 0.280 e. The zero-order valence-electron chi connectivity index (χ0n) is 13.8. The van der Waals surface area contributed by atoms with Gasteiger partial charge in [0.15, 0.2) is 5.69 Å². The van der Waals surface area contributed by atoms with Gasteiger partial charge >= 0.3 is 0 Å². The molecule has 0 aliphatic carbocycles. The van der Waals surface area contributed by atoms with E-state index >= 15 is 0 Å². The van der Waals surface area contributed by atoms with Gasteiger partial charge in [-0.2, -0.15) is 5.10 Å². The van der Waals surface area contributed by atoms with Gasteiger partial charge in [0.25, 0.3) is 5.91 Å². The van der Waals surface area contributed by atoms with E-state index in [0.29, 0.717) is 10.7 Å². The van der Waals surface area contributed by atoms with Gasteiger partial charge < -0.3 is 5.32 Å². The summed E-state index contributed by atoms with van der Waals surface area (Å²) in [5.74, 6) is -0.577. The zero-order valence-corrected chi connectivity index (χ0v) is 14.5. The third-order valence-electron chi connectivity index (χ3n) is 3.75. The Morgan fingerprint density at radius 1 is 1.08 bits per heavy atom. The lowest BCUT2D eigenvalue weighted by Crippen LogP contribution is -2.25. The largest absolute Gasteiger partial charge is 0.320 e. The average molecular weight is 354 g/mol. The zero-order chi connectivity index (χ0) is 18.0. The first kappa shape index (κ1) is 16.9. The maximum absolute atomic E-state index is 12.4. The molecule has 0 aliphatic rings. The summed E-state index contributed by atoms with van der Waals surface area (Å²) in [6.07, 6.45) is 1.53. The number of carbonyl (C=O) groups is 1. The monoisotopic (exact) mass is 353 g/mol. The highest BCUT2D eigenvalue weighted by Gasteiger charge is 2.14. The van der Waals surface area contributed by atoms with Crippen LogP contribution in [0, 0.1) is 13.8 Å². The van der Waals surface area contributed by atoms with E-state index in [1.54, 1.807) is 18.2 Å². The van der Waals surface area contributed by atoms with Gasteiger partial charge in [-0.1, -0.05) is 35.4 Å². The molecule has 3 aromatic rings. The second-order valence-electron chi connectivity index (χ2n) is 5.73. The summed E-state index contributed by atoms with van der Waals surface area (Å²) in [4.78, 5) is 24.5. The Morgan fingerprint density at radius 2 is 1.80 bits per heavy atom. The molecule has 0 bridgehead atoms. The van der Waals surface area contributed by atoms with Gasteiger partial charge in [-0.25, -0.2) is 4.68 Å². The number of hydrogen-bond donors (Lipinski definition) is 1. The van der Waals surface area contributed by atoms with E-state index in [9.17, 15) is 9.59 Å². The number of rotatable bonds is 3. The first-order chi connectivity index (χ1) is 11.9. The van der Waals surface area contributed by atoms with Crippen molar-refractivity contribution in [2.45, 2.75) is 13.8 Å². The number of aromatic nitrogens is 2. The van der Waals surface area contributed by atoms with Crippen molar-refractivity contribution in [3.8, 4) is 5.69 Å². The van der Waals surface area contributed by atoms with Crippen molar-refractivity contribution in [2.75, 3.05) is 5.32 Å². The Morgan fingerprint density at radius 3 is 2.48 bits per heavy atom. The molecule has 1 aromatic heterocycles. The molecule has 0 saturated carbocycles. The smallest absolute Gasteiger partial charge is 0.280 e. The van der Waals surface area contributed by atoms with E-state index in [0.717, 1.165) is 16.8 Å². The van der Waals surface area contributed by atoms with Gasteiger partial charge in [0.1, 0.15) is 0 Å². The molecular weight excluding hydrogens is 338 g/mol. The fraction of sp³-hybridized carbons (Fsp3) is 0.105. The van der Waals surface area contributed by atoms with E-state index in [-0.39, 0.29) is 5.69 Å². The van der Waals surface area contributed by atoms with Crippen LogP contribution in [0.1, 0.15) is 21.6 Å². The fourth-order valence-electron chi connectivity index (χ4n) is 2.27. The molecule has 1 amide bonds. The second-order valence-corrected chi connectivity index (χ2v) is 6.13. The minimum Gasteiger partial charge on any atom is -0.320 e. The summed E-state index contributed by atoms with van der Waals surface area (Å²) >= 11 is 6.06. The topological polar surface area (TPSA) is 64.0 Å². The molecule has 2 aromatic carbocycles. The molecule has 1 N–H and O–H groups in total. The number of amides is 1. The Balaban J connectivity index is 1.91. The third kappa shape index (κ3) is 3.78. The Bertz CT molecular complexity index is 994. The fourth-order valence-corrected chi connectivity index (χ4v) is 2.45. The predicted octanol–water partition coefficient (Wildman–Crippen LogP) is 3.76. The highest BCUT2D eigenvalue weighted by Crippen LogP contribution is 2.20. The van der Waals surface area contributed by atoms with Gasteiger partial charge in [0.2, 0.25) is 5.43 Å². The number of anilines is 1. The molecule has 0 saturated heterocycles. The lowest BCUT2D eigenvalue weighted by atomic mass is 10.2. The summed E-state index contributed by atoms with van der Waals surface area (Å²) in [6, 6.07) is 14.1. The molecule has 0 radical (unpaired) electrons. The highest BCUT2D eigenvalue weighted by molar-refractivity contribution is 6.31. The summed E-state index contributed by atoms with van der Waals surface area (Å²) in [7, 11) is 0. The van der Waals surface area contributed by atoms with E-state index in [1.165, 1.54) is 16.9 Å². The van der Waals surface area contributed by atoms with Crippen LogP contribution in [-0.4, -0.2) is 15.7 Å². The molecule has 0 unspecified atom stereocenters. The first-order valence-electron chi connectivity index (χ1n) is 7.68. The second kappa shape index (κ2) is 6.91. The molecule has 0 aliphatic heterocycles. The van der Waals surface area contributed by atoms with Gasteiger partial charge in [-0.3, -0.25) is 9.59 Å². The van der Waals surface area contributed by atoms with E-state index in [1.807, 2.05) is 38.1 Å². The molecule has 3 rings (SSSR count). The van der Waals surface area contributed by atoms with Crippen molar-refractivity contribution in [3.63, 3.8) is 0 Å². The van der Waals surface area contributed by atoms with Crippen LogP contribution in [0.4, 0.5) is 5.69 Å². The molecule has 0 atom stereocenters. The molecule has 1 heterocycles. The Labute approximate surface area is 149 Å². The summed E-state index contributed by atoms with van der Waals surface area (Å²) in [6.45, 7) is 3.85. The van der Waals surface area contributed by atoms with Crippen LogP contribution in [0.25, 0.3) is 5.69 Å². The highest BCUT2D eigenvalue weighted by atomic mass is 35.5. The Kier molecular flexibility index (Phi) is 4.67.